The van der Waals surface area contributed by atoms with Gasteiger partial charge in [-0.25, -0.2) is 0 Å². The molecule has 1 saturated heterocycles. The van der Waals surface area contributed by atoms with Crippen LogP contribution >= 0.6 is 0 Å². The number of hydrogen-bond acceptors (Lipinski definition) is 12. The van der Waals surface area contributed by atoms with Crippen molar-refractivity contribution in [2.75, 3.05) is 19.7 Å². The minimum atomic E-state index is -1.14. The van der Waals surface area contributed by atoms with Crippen molar-refractivity contribution in [1.82, 2.24) is 37.2 Å². The molecule has 0 saturated carbocycles. The molecule has 20 nitrogen and oxygen atoms in total. The first kappa shape index (κ1) is 54.8. The summed E-state index contributed by atoms with van der Waals surface area (Å²) < 4.78 is 0. The van der Waals surface area contributed by atoms with Gasteiger partial charge in [0.1, 0.15) is 5.75 Å². The van der Waals surface area contributed by atoms with Gasteiger partial charge < -0.3 is 64.0 Å². The van der Waals surface area contributed by atoms with Gasteiger partial charge in [-0.1, -0.05) is 39.8 Å². The van der Waals surface area contributed by atoms with Gasteiger partial charge in [0.15, 0.2) is 0 Å². The lowest BCUT2D eigenvalue weighted by Gasteiger charge is -2.26. The Bertz CT molecular complexity index is 1680. The van der Waals surface area contributed by atoms with Crippen molar-refractivity contribution in [2.45, 2.75) is 160 Å². The zero-order valence-corrected chi connectivity index (χ0v) is 37.8. The lowest BCUT2D eigenvalue weighted by atomic mass is 9.98. The predicted octanol–water partition coefficient (Wildman–Crippen LogP) is -0.280. The Hall–Kier alpha value is -5.34. The van der Waals surface area contributed by atoms with Gasteiger partial charge in [-0.05, 0) is 74.6 Å². The first-order valence-corrected chi connectivity index (χ1v) is 22.4. The van der Waals surface area contributed by atoms with E-state index in [0.717, 1.165) is 0 Å². The average molecular weight is 904 g/mol. The maximum atomic E-state index is 13.6. The lowest BCUT2D eigenvalue weighted by Crippen LogP contribution is -2.49. The first-order chi connectivity index (χ1) is 30.3. The minimum absolute atomic E-state index is 0.0166. The summed E-state index contributed by atoms with van der Waals surface area (Å²) in [7, 11) is 0. The van der Waals surface area contributed by atoms with Gasteiger partial charge in [0.2, 0.25) is 41.4 Å². The molecule has 7 amide bonds. The molecular formula is C44H73N9O11. The molecule has 1 heterocycles. The van der Waals surface area contributed by atoms with Crippen molar-refractivity contribution >= 4 is 47.3 Å². The molecule has 0 aromatic heterocycles. The highest BCUT2D eigenvalue weighted by atomic mass is 16.4. The number of nitrogens with two attached hydrogens (primary N) is 2. The Morgan fingerprint density at radius 3 is 2.02 bits per heavy atom. The third-order valence-corrected chi connectivity index (χ3v) is 10.9. The Morgan fingerprint density at radius 2 is 1.39 bits per heavy atom. The highest BCUT2D eigenvalue weighted by Gasteiger charge is 2.28. The molecule has 64 heavy (non-hydrogen) atoms. The van der Waals surface area contributed by atoms with Gasteiger partial charge in [-0.15, -0.1) is 0 Å². The van der Waals surface area contributed by atoms with Crippen LogP contribution in [-0.2, 0) is 44.8 Å². The van der Waals surface area contributed by atoms with Gasteiger partial charge in [-0.2, -0.15) is 0 Å². The van der Waals surface area contributed by atoms with Crippen molar-refractivity contribution < 1.29 is 53.7 Å². The van der Waals surface area contributed by atoms with Gasteiger partial charge in [-0.3, -0.25) is 38.4 Å². The monoisotopic (exact) mass is 904 g/mol. The van der Waals surface area contributed by atoms with E-state index in [1.807, 2.05) is 13.8 Å². The number of aliphatic carboxylic acids is 1. The molecule has 20 heteroatoms. The normalized spacial score (nSPS) is 21.3. The average Bonchev–Trinajstić information content (AvgIpc) is 3.19. The van der Waals surface area contributed by atoms with Crippen molar-refractivity contribution in [3.05, 3.63) is 29.8 Å². The summed E-state index contributed by atoms with van der Waals surface area (Å²) in [6, 6.07) is 1.21. The molecule has 1 fully saturated rings. The summed E-state index contributed by atoms with van der Waals surface area (Å²) in [5.41, 5.74) is 12.6. The van der Waals surface area contributed by atoms with Crippen LogP contribution in [0.3, 0.4) is 0 Å². The fraction of sp³-hybridized carbons (Fsp3) is 0.682. The van der Waals surface area contributed by atoms with Crippen LogP contribution in [0.2, 0.25) is 0 Å². The summed E-state index contributed by atoms with van der Waals surface area (Å²) in [4.78, 5) is 104. The second kappa shape index (κ2) is 29.2. The summed E-state index contributed by atoms with van der Waals surface area (Å²) >= 11 is 0. The van der Waals surface area contributed by atoms with Crippen LogP contribution in [-0.4, -0.2) is 125 Å². The molecule has 0 spiro atoms. The standard InChI is InChI=1S/C44H73N9O11/c1-26(2)35-23-42(61)48-30(8-5-15-45)19-39(58)49-31(11-14-37(56)47-16-6-7-29(46)18-38(57)52-35)20-41(60)53-36(27(3)4)24-43(62)51-33(25-54)21-40(59)50-32(22-44(63)64)17-28-9-12-34(55)13-10-28/h9-10,12-13,26-27,29-33,35-36,54-55H,5-8,11,14-25,45-46H2,1-4H3,(H,47,56)(H,48,61)(H,49,58)(H,50,59)(H,51,62)(H,52,57)(H,53,60)(H,63,64)/t29-,30-,31-,32-,33+,35+,36+/m0/s1. The molecule has 7 atom stereocenters. The number of aromatic hydroxyl groups is 1. The van der Waals surface area contributed by atoms with Crippen LogP contribution in [0.5, 0.6) is 5.75 Å². The fourth-order valence-electron chi connectivity index (χ4n) is 7.26. The second-order valence-corrected chi connectivity index (χ2v) is 17.5. The van der Waals surface area contributed by atoms with Gasteiger partial charge >= 0.3 is 5.97 Å². The van der Waals surface area contributed by atoms with Gasteiger partial charge in [0, 0.05) is 87.7 Å². The quantitative estimate of drug-likeness (QED) is 0.0851. The van der Waals surface area contributed by atoms with Crippen molar-refractivity contribution in [2.24, 2.45) is 23.3 Å². The SMILES string of the molecule is CC(C)[C@H]1CC(=O)N[C@@H](CCCN)CC(=O)N[C@H](CC(=O)N[C@H](CC(=O)N[C@@H](CO)CC(=O)N[C@H](CC(=O)O)Cc2ccc(O)cc2)C(C)C)CCC(=O)NCCC[C@H](N)CC(=O)N1. The number of rotatable bonds is 19. The number of benzene rings is 1. The van der Waals surface area contributed by atoms with Crippen LogP contribution in [0.1, 0.15) is 117 Å². The van der Waals surface area contributed by atoms with Crippen molar-refractivity contribution in [3.8, 4) is 5.75 Å². The molecule has 0 aliphatic carbocycles. The van der Waals surface area contributed by atoms with Gasteiger partial charge in [0.05, 0.1) is 19.1 Å². The van der Waals surface area contributed by atoms with E-state index in [1.165, 1.54) is 12.1 Å². The van der Waals surface area contributed by atoms with E-state index in [4.69, 9.17) is 11.5 Å². The summed E-state index contributed by atoms with van der Waals surface area (Å²) in [5, 5.41) is 48.6. The van der Waals surface area contributed by atoms with E-state index >= 15 is 0 Å². The topological polar surface area (TPSA) is 333 Å². The van der Waals surface area contributed by atoms with Crippen LogP contribution in [0.25, 0.3) is 0 Å². The third-order valence-electron chi connectivity index (χ3n) is 10.9. The zero-order chi connectivity index (χ0) is 47.8. The third kappa shape index (κ3) is 23.4. The molecule has 2 rings (SSSR count). The Morgan fingerprint density at radius 1 is 0.766 bits per heavy atom. The van der Waals surface area contributed by atoms with E-state index in [1.54, 1.807) is 26.0 Å². The molecule has 1 aliphatic rings. The predicted molar refractivity (Wildman–Crippen MR) is 238 cm³/mol. The molecular weight excluding hydrogens is 831 g/mol. The largest absolute Gasteiger partial charge is 0.508 e. The van der Waals surface area contributed by atoms with Crippen LogP contribution < -0.4 is 48.7 Å². The second-order valence-electron chi connectivity index (χ2n) is 17.5. The Labute approximate surface area is 375 Å². The molecule has 0 unspecified atom stereocenters. The lowest BCUT2D eigenvalue weighted by molar-refractivity contribution is -0.138. The maximum Gasteiger partial charge on any atom is 0.305 e. The molecule has 360 valence electrons. The number of nitrogens with one attached hydrogen (secondary N) is 7. The molecule has 1 aromatic carbocycles. The number of phenolic OH excluding ortho intramolecular Hbond substituents is 1. The molecule has 14 N–H and O–H groups in total. The molecule has 1 aromatic rings. The summed E-state index contributed by atoms with van der Waals surface area (Å²) in [5.74, 6) is -4.55. The number of carboxylic acid groups (broad SMARTS) is 1. The summed E-state index contributed by atoms with van der Waals surface area (Å²) in [6.45, 7) is 7.37. The number of hydrogen-bond donors (Lipinski definition) is 12. The molecule has 0 radical (unpaired) electrons. The highest BCUT2D eigenvalue weighted by molar-refractivity contribution is 5.84. The maximum absolute atomic E-state index is 13.6. The van der Waals surface area contributed by atoms with E-state index < -0.39 is 78.5 Å². The van der Waals surface area contributed by atoms with E-state index in [2.05, 4.69) is 37.2 Å². The van der Waals surface area contributed by atoms with Crippen LogP contribution in [0, 0.1) is 11.8 Å². The van der Waals surface area contributed by atoms with E-state index in [-0.39, 0.29) is 99.5 Å². The number of carbonyl (C=O) groups is 8. The smallest absolute Gasteiger partial charge is 0.305 e. The van der Waals surface area contributed by atoms with E-state index in [9.17, 15) is 53.7 Å². The van der Waals surface area contributed by atoms with Crippen LogP contribution in [0.4, 0.5) is 0 Å². The highest BCUT2D eigenvalue weighted by Crippen LogP contribution is 2.15. The number of phenols is 1. The Kier molecular flexibility index (Phi) is 25.0. The first-order valence-electron chi connectivity index (χ1n) is 22.4. The Balaban J connectivity index is 2.13. The van der Waals surface area contributed by atoms with Crippen molar-refractivity contribution in [3.63, 3.8) is 0 Å². The van der Waals surface area contributed by atoms with E-state index in [0.29, 0.717) is 44.3 Å². The van der Waals surface area contributed by atoms with Gasteiger partial charge in [0.25, 0.3) is 0 Å². The minimum Gasteiger partial charge on any atom is -0.508 e. The molecule has 0 bridgehead atoms. The fourth-order valence-corrected chi connectivity index (χ4v) is 7.26. The van der Waals surface area contributed by atoms with Crippen molar-refractivity contribution in [1.29, 1.82) is 0 Å². The molecule has 1 aliphatic heterocycles. The number of aliphatic hydroxyl groups is 1. The zero-order valence-electron chi connectivity index (χ0n) is 37.8. The number of carboxylic acids is 1. The summed E-state index contributed by atoms with van der Waals surface area (Å²) in [6.07, 6.45) is 0.782. The number of carbonyl (C=O) groups excluding carboxylic acids is 7. The number of amides is 7. The van der Waals surface area contributed by atoms with Crippen LogP contribution in [0.15, 0.2) is 24.3 Å². The number of aliphatic hydroxyl groups excluding tert-OH is 1.